The average Bonchev–Trinajstić information content (AvgIpc) is 3.02. The predicted molar refractivity (Wildman–Crippen MR) is 80.6 cm³/mol. The lowest BCUT2D eigenvalue weighted by atomic mass is 10.0. The van der Waals surface area contributed by atoms with E-state index in [4.69, 9.17) is 4.74 Å². The van der Waals surface area contributed by atoms with Crippen molar-refractivity contribution in [2.75, 3.05) is 6.61 Å². The normalized spacial score (nSPS) is 12.3. The third-order valence-electron chi connectivity index (χ3n) is 3.57. The number of benzene rings is 1. The van der Waals surface area contributed by atoms with E-state index in [1.807, 2.05) is 24.3 Å². The molecule has 108 valence electrons. The second-order valence-corrected chi connectivity index (χ2v) is 5.11. The summed E-state index contributed by atoms with van der Waals surface area (Å²) in [6, 6.07) is 8.02. The van der Waals surface area contributed by atoms with Crippen molar-refractivity contribution in [1.82, 2.24) is 15.4 Å². The molecule has 1 heterocycles. The van der Waals surface area contributed by atoms with E-state index in [1.165, 1.54) is 25.7 Å². The summed E-state index contributed by atoms with van der Waals surface area (Å²) >= 11 is 0. The van der Waals surface area contributed by atoms with E-state index in [0.717, 1.165) is 23.6 Å². The minimum absolute atomic E-state index is 0.644. The van der Waals surface area contributed by atoms with E-state index in [0.29, 0.717) is 5.92 Å². The van der Waals surface area contributed by atoms with Crippen molar-refractivity contribution in [2.24, 2.45) is 5.92 Å². The molecule has 0 aliphatic rings. The van der Waals surface area contributed by atoms with Crippen LogP contribution in [0.2, 0.25) is 0 Å². The van der Waals surface area contributed by atoms with Crippen molar-refractivity contribution in [3.63, 3.8) is 0 Å². The average molecular weight is 273 g/mol. The first kappa shape index (κ1) is 14.6. The van der Waals surface area contributed by atoms with Crippen molar-refractivity contribution < 1.29 is 4.74 Å². The molecule has 4 nitrogen and oxygen atoms in total. The quantitative estimate of drug-likeness (QED) is 0.788. The molecule has 0 bridgehead atoms. The summed E-state index contributed by atoms with van der Waals surface area (Å²) in [6.07, 6.45) is 6.66. The van der Waals surface area contributed by atoms with Gasteiger partial charge < -0.3 is 4.74 Å². The topological polar surface area (TPSA) is 50.8 Å². The number of hydrogen-bond acceptors (Lipinski definition) is 3. The second-order valence-electron chi connectivity index (χ2n) is 5.11. The minimum Gasteiger partial charge on any atom is -0.493 e. The summed E-state index contributed by atoms with van der Waals surface area (Å²) in [5.41, 5.74) is 1.87. The van der Waals surface area contributed by atoms with Gasteiger partial charge in [-0.05, 0) is 24.5 Å². The van der Waals surface area contributed by atoms with Crippen LogP contribution >= 0.6 is 0 Å². The Morgan fingerprint density at radius 2 is 2.20 bits per heavy atom. The first-order valence-corrected chi connectivity index (χ1v) is 7.42. The molecule has 1 atom stereocenters. The lowest BCUT2D eigenvalue weighted by molar-refractivity contribution is 0.233. The SMILES string of the molecule is CCCCC(CC)COc1cccc(-c2cn[nH]n2)c1. The molecule has 0 spiro atoms. The number of nitrogens with one attached hydrogen (secondary N) is 1. The smallest absolute Gasteiger partial charge is 0.119 e. The summed E-state index contributed by atoms with van der Waals surface area (Å²) in [4.78, 5) is 0. The highest BCUT2D eigenvalue weighted by Gasteiger charge is 2.08. The third-order valence-corrected chi connectivity index (χ3v) is 3.57. The number of H-pyrrole nitrogens is 1. The minimum atomic E-state index is 0.644. The lowest BCUT2D eigenvalue weighted by Gasteiger charge is -2.15. The summed E-state index contributed by atoms with van der Waals surface area (Å²) in [5.74, 6) is 1.55. The largest absolute Gasteiger partial charge is 0.493 e. The van der Waals surface area contributed by atoms with Crippen molar-refractivity contribution in [3.8, 4) is 17.0 Å². The van der Waals surface area contributed by atoms with E-state index in [2.05, 4.69) is 29.3 Å². The van der Waals surface area contributed by atoms with Crippen LogP contribution < -0.4 is 4.74 Å². The Morgan fingerprint density at radius 1 is 1.30 bits per heavy atom. The maximum Gasteiger partial charge on any atom is 0.119 e. The number of rotatable bonds is 8. The van der Waals surface area contributed by atoms with Gasteiger partial charge in [0.15, 0.2) is 0 Å². The van der Waals surface area contributed by atoms with E-state index < -0.39 is 0 Å². The summed E-state index contributed by atoms with van der Waals surface area (Å²) in [5, 5.41) is 10.5. The molecule has 0 saturated heterocycles. The van der Waals surface area contributed by atoms with Crippen molar-refractivity contribution in [2.45, 2.75) is 39.5 Å². The molecule has 0 aliphatic heterocycles. The molecule has 1 unspecified atom stereocenters. The van der Waals surface area contributed by atoms with Gasteiger partial charge in [0.1, 0.15) is 11.4 Å². The zero-order chi connectivity index (χ0) is 14.2. The van der Waals surface area contributed by atoms with E-state index in [1.54, 1.807) is 6.20 Å². The van der Waals surface area contributed by atoms with Crippen LogP contribution in [-0.4, -0.2) is 22.0 Å². The van der Waals surface area contributed by atoms with Crippen LogP contribution in [0, 0.1) is 5.92 Å². The molecule has 0 amide bonds. The maximum absolute atomic E-state index is 5.94. The lowest BCUT2D eigenvalue weighted by Crippen LogP contribution is -2.11. The Labute approximate surface area is 120 Å². The van der Waals surface area contributed by atoms with Crippen LogP contribution in [0.1, 0.15) is 39.5 Å². The van der Waals surface area contributed by atoms with Crippen LogP contribution in [0.15, 0.2) is 30.5 Å². The zero-order valence-corrected chi connectivity index (χ0v) is 12.3. The molecule has 1 aromatic carbocycles. The molecule has 2 rings (SSSR count). The number of aromatic nitrogens is 3. The predicted octanol–water partition coefficient (Wildman–Crippen LogP) is 4.07. The Kier molecular flexibility index (Phi) is 5.59. The van der Waals surface area contributed by atoms with Crippen molar-refractivity contribution >= 4 is 0 Å². The van der Waals surface area contributed by atoms with Gasteiger partial charge in [-0.25, -0.2) is 0 Å². The second kappa shape index (κ2) is 7.68. The van der Waals surface area contributed by atoms with Crippen molar-refractivity contribution in [3.05, 3.63) is 30.5 Å². The molecule has 0 fully saturated rings. The number of unbranched alkanes of at least 4 members (excludes halogenated alkanes) is 1. The standard InChI is InChI=1S/C16H23N3O/c1-3-5-7-13(4-2)12-20-15-9-6-8-14(10-15)16-11-17-19-18-16/h6,8-11,13H,3-5,7,12H2,1-2H3,(H,17,18,19). The van der Waals surface area contributed by atoms with Gasteiger partial charge in [0.2, 0.25) is 0 Å². The summed E-state index contributed by atoms with van der Waals surface area (Å²) < 4.78 is 5.94. The van der Waals surface area contributed by atoms with Gasteiger partial charge in [0.25, 0.3) is 0 Å². The van der Waals surface area contributed by atoms with Gasteiger partial charge in [-0.3, -0.25) is 0 Å². The van der Waals surface area contributed by atoms with Gasteiger partial charge in [-0.1, -0.05) is 45.2 Å². The van der Waals surface area contributed by atoms with Crippen molar-refractivity contribution in [1.29, 1.82) is 0 Å². The van der Waals surface area contributed by atoms with Gasteiger partial charge in [0.05, 0.1) is 12.8 Å². The van der Waals surface area contributed by atoms with Crippen LogP contribution in [0.25, 0.3) is 11.3 Å². The van der Waals surface area contributed by atoms with Crippen LogP contribution in [0.5, 0.6) is 5.75 Å². The molecular formula is C16H23N3O. The highest BCUT2D eigenvalue weighted by atomic mass is 16.5. The van der Waals surface area contributed by atoms with Gasteiger partial charge in [-0.2, -0.15) is 15.4 Å². The molecule has 0 radical (unpaired) electrons. The van der Waals surface area contributed by atoms with E-state index in [-0.39, 0.29) is 0 Å². The molecule has 20 heavy (non-hydrogen) atoms. The molecule has 0 saturated carbocycles. The molecule has 4 heteroatoms. The van der Waals surface area contributed by atoms with Gasteiger partial charge in [-0.15, -0.1) is 0 Å². The van der Waals surface area contributed by atoms with E-state index >= 15 is 0 Å². The first-order valence-electron chi connectivity index (χ1n) is 7.42. The molecule has 2 aromatic rings. The van der Waals surface area contributed by atoms with E-state index in [9.17, 15) is 0 Å². The molecule has 0 aliphatic carbocycles. The summed E-state index contributed by atoms with van der Waals surface area (Å²) in [7, 11) is 0. The fourth-order valence-corrected chi connectivity index (χ4v) is 2.20. The molecule has 1 N–H and O–H groups in total. The Balaban J connectivity index is 1.94. The fraction of sp³-hybridized carbons (Fsp3) is 0.500. The van der Waals surface area contributed by atoms with Gasteiger partial charge >= 0.3 is 0 Å². The van der Waals surface area contributed by atoms with Crippen LogP contribution in [0.4, 0.5) is 0 Å². The molecular weight excluding hydrogens is 250 g/mol. The fourth-order valence-electron chi connectivity index (χ4n) is 2.20. The molecule has 1 aromatic heterocycles. The number of nitrogens with zero attached hydrogens (tertiary/aromatic N) is 2. The van der Waals surface area contributed by atoms with Gasteiger partial charge in [0, 0.05) is 5.56 Å². The Hall–Kier alpha value is -1.84. The number of ether oxygens (including phenoxy) is 1. The Morgan fingerprint density at radius 3 is 2.90 bits per heavy atom. The Bertz CT molecular complexity index is 496. The number of hydrogen-bond donors (Lipinski definition) is 1. The maximum atomic E-state index is 5.94. The zero-order valence-electron chi connectivity index (χ0n) is 12.3. The van der Waals surface area contributed by atoms with Crippen LogP contribution in [0.3, 0.4) is 0 Å². The monoisotopic (exact) mass is 273 g/mol. The van der Waals surface area contributed by atoms with Crippen LogP contribution in [-0.2, 0) is 0 Å². The highest BCUT2D eigenvalue weighted by molar-refractivity contribution is 5.59. The highest BCUT2D eigenvalue weighted by Crippen LogP contribution is 2.22. The number of aromatic amines is 1. The third kappa shape index (κ3) is 4.08. The summed E-state index contributed by atoms with van der Waals surface area (Å²) in [6.45, 7) is 5.25. The first-order chi connectivity index (χ1) is 9.83.